The summed E-state index contributed by atoms with van der Waals surface area (Å²) in [5, 5.41) is 6.78. The molecule has 0 aliphatic carbocycles. The molecule has 180 valence electrons. The van der Waals surface area contributed by atoms with E-state index < -0.39 is 29.2 Å². The van der Waals surface area contributed by atoms with Crippen molar-refractivity contribution in [2.75, 3.05) is 32.8 Å². The van der Waals surface area contributed by atoms with Crippen molar-refractivity contribution in [1.82, 2.24) is 20.0 Å². The second-order valence-electron chi connectivity index (χ2n) is 7.72. The number of hydrogen-bond acceptors (Lipinski definition) is 4. The molecule has 1 fully saturated rings. The number of rotatable bonds is 6. The van der Waals surface area contributed by atoms with Crippen LogP contribution in [0.5, 0.6) is 0 Å². The highest BCUT2D eigenvalue weighted by Gasteiger charge is 2.40. The Morgan fingerprint density at radius 1 is 1.09 bits per heavy atom. The Morgan fingerprint density at radius 2 is 1.74 bits per heavy atom. The number of carbonyl (C=O) groups is 1. The standard InChI is InChI=1S/C23H21ClF4N4O2/c24-16-3-7-18(8-4-16)32-21(23(26,27)28)19(13-30-32)22(33)29-14-20(31-9-11-34-12-10-31)15-1-5-17(25)6-2-15/h1-8,13,20H,9-12,14H2,(H,29,33). The van der Waals surface area contributed by atoms with Crippen LogP contribution >= 0.6 is 11.6 Å². The van der Waals surface area contributed by atoms with E-state index in [4.69, 9.17) is 16.3 Å². The van der Waals surface area contributed by atoms with Gasteiger partial charge in [-0.25, -0.2) is 9.07 Å². The van der Waals surface area contributed by atoms with E-state index >= 15 is 0 Å². The van der Waals surface area contributed by atoms with Gasteiger partial charge in [0.1, 0.15) is 5.82 Å². The number of halogens is 5. The van der Waals surface area contributed by atoms with Crippen molar-refractivity contribution in [1.29, 1.82) is 0 Å². The lowest BCUT2D eigenvalue weighted by Crippen LogP contribution is -2.44. The monoisotopic (exact) mass is 496 g/mol. The number of morpholine rings is 1. The van der Waals surface area contributed by atoms with Crippen LogP contribution in [-0.2, 0) is 10.9 Å². The molecule has 1 amide bonds. The molecule has 6 nitrogen and oxygen atoms in total. The molecule has 1 aliphatic heterocycles. The molecule has 1 atom stereocenters. The van der Waals surface area contributed by atoms with Gasteiger partial charge < -0.3 is 10.1 Å². The van der Waals surface area contributed by atoms with Crippen molar-refractivity contribution in [3.8, 4) is 5.69 Å². The molecule has 0 saturated carbocycles. The average molecular weight is 497 g/mol. The lowest BCUT2D eigenvalue weighted by atomic mass is 10.0. The van der Waals surface area contributed by atoms with Crippen LogP contribution in [0, 0.1) is 5.82 Å². The van der Waals surface area contributed by atoms with Gasteiger partial charge in [0, 0.05) is 24.7 Å². The number of aromatic nitrogens is 2. The zero-order valence-corrected chi connectivity index (χ0v) is 18.6. The maximum Gasteiger partial charge on any atom is 0.434 e. The van der Waals surface area contributed by atoms with E-state index in [-0.39, 0.29) is 18.3 Å². The van der Waals surface area contributed by atoms with Gasteiger partial charge in [0.15, 0.2) is 5.69 Å². The molecule has 34 heavy (non-hydrogen) atoms. The fourth-order valence-corrected chi connectivity index (χ4v) is 4.01. The molecule has 2 heterocycles. The molecule has 1 unspecified atom stereocenters. The third-order valence-electron chi connectivity index (χ3n) is 5.55. The first-order valence-corrected chi connectivity index (χ1v) is 10.9. The second-order valence-corrected chi connectivity index (χ2v) is 8.15. The van der Waals surface area contributed by atoms with Crippen molar-refractivity contribution >= 4 is 17.5 Å². The average Bonchev–Trinajstić information content (AvgIpc) is 3.27. The van der Waals surface area contributed by atoms with Crippen LogP contribution in [0.1, 0.15) is 27.7 Å². The molecule has 0 radical (unpaired) electrons. The van der Waals surface area contributed by atoms with Crippen molar-refractivity contribution in [3.05, 3.63) is 82.4 Å². The molecule has 2 aromatic carbocycles. The Hall–Kier alpha value is -2.95. The summed E-state index contributed by atoms with van der Waals surface area (Å²) in [6.07, 6.45) is -3.93. The van der Waals surface area contributed by atoms with Crippen molar-refractivity contribution < 1.29 is 27.1 Å². The summed E-state index contributed by atoms with van der Waals surface area (Å²) < 4.78 is 61.3. The largest absolute Gasteiger partial charge is 0.434 e. The van der Waals surface area contributed by atoms with E-state index in [1.807, 2.05) is 4.90 Å². The minimum Gasteiger partial charge on any atom is -0.379 e. The van der Waals surface area contributed by atoms with Gasteiger partial charge in [-0.1, -0.05) is 23.7 Å². The van der Waals surface area contributed by atoms with Crippen molar-refractivity contribution in [2.45, 2.75) is 12.2 Å². The molecule has 1 aromatic heterocycles. The highest BCUT2D eigenvalue weighted by molar-refractivity contribution is 6.30. The first-order chi connectivity index (χ1) is 16.2. The molecule has 1 saturated heterocycles. The zero-order chi connectivity index (χ0) is 24.3. The summed E-state index contributed by atoms with van der Waals surface area (Å²) >= 11 is 5.83. The smallest absolute Gasteiger partial charge is 0.379 e. The number of nitrogens with zero attached hydrogens (tertiary/aromatic N) is 3. The highest BCUT2D eigenvalue weighted by Crippen LogP contribution is 2.34. The number of ether oxygens (including phenoxy) is 1. The van der Waals surface area contributed by atoms with Crippen LogP contribution in [-0.4, -0.2) is 53.4 Å². The Kier molecular flexibility index (Phi) is 7.20. The maximum absolute atomic E-state index is 13.9. The van der Waals surface area contributed by atoms with E-state index in [2.05, 4.69) is 10.4 Å². The van der Waals surface area contributed by atoms with E-state index in [1.165, 1.54) is 36.4 Å². The van der Waals surface area contributed by atoms with E-state index in [0.29, 0.717) is 36.0 Å². The lowest BCUT2D eigenvalue weighted by molar-refractivity contribution is -0.143. The molecule has 1 N–H and O–H groups in total. The van der Waals surface area contributed by atoms with Crippen LogP contribution in [0.4, 0.5) is 17.6 Å². The van der Waals surface area contributed by atoms with Gasteiger partial charge in [-0.3, -0.25) is 9.69 Å². The molecular formula is C23H21ClF4N4O2. The number of hydrogen-bond donors (Lipinski definition) is 1. The summed E-state index contributed by atoms with van der Waals surface area (Å²) in [7, 11) is 0. The third kappa shape index (κ3) is 5.40. The SMILES string of the molecule is O=C(NCC(c1ccc(F)cc1)N1CCOCC1)c1cnn(-c2ccc(Cl)cc2)c1C(F)(F)F. The summed E-state index contributed by atoms with van der Waals surface area (Å²) in [6, 6.07) is 11.1. The second kappa shape index (κ2) is 10.1. The molecule has 0 bridgehead atoms. The number of benzene rings is 2. The normalized spacial score (nSPS) is 15.8. The lowest BCUT2D eigenvalue weighted by Gasteiger charge is -2.35. The van der Waals surface area contributed by atoms with Gasteiger partial charge in [-0.05, 0) is 42.0 Å². The molecule has 11 heteroatoms. The molecule has 4 rings (SSSR count). The van der Waals surface area contributed by atoms with E-state index in [1.54, 1.807) is 12.1 Å². The number of alkyl halides is 3. The highest BCUT2D eigenvalue weighted by atomic mass is 35.5. The molecular weight excluding hydrogens is 476 g/mol. The first kappa shape index (κ1) is 24.2. The topological polar surface area (TPSA) is 59.4 Å². The molecule has 0 spiro atoms. The van der Waals surface area contributed by atoms with Crippen molar-refractivity contribution in [2.24, 2.45) is 0 Å². The Morgan fingerprint density at radius 3 is 2.35 bits per heavy atom. The number of carbonyl (C=O) groups excluding carboxylic acids is 1. The van der Waals surface area contributed by atoms with Crippen LogP contribution in [0.3, 0.4) is 0 Å². The van der Waals surface area contributed by atoms with E-state index in [0.717, 1.165) is 11.8 Å². The van der Waals surface area contributed by atoms with Gasteiger partial charge in [-0.15, -0.1) is 0 Å². The van der Waals surface area contributed by atoms with Crippen LogP contribution < -0.4 is 5.32 Å². The fraction of sp³-hybridized carbons (Fsp3) is 0.304. The Bertz CT molecular complexity index is 1130. The third-order valence-corrected chi connectivity index (χ3v) is 5.80. The summed E-state index contributed by atoms with van der Waals surface area (Å²) in [5.41, 5.74) is -0.927. The molecule has 1 aliphatic rings. The fourth-order valence-electron chi connectivity index (χ4n) is 3.88. The summed E-state index contributed by atoms with van der Waals surface area (Å²) in [5.74, 6) is -1.31. The van der Waals surface area contributed by atoms with Gasteiger partial charge >= 0.3 is 6.18 Å². The van der Waals surface area contributed by atoms with E-state index in [9.17, 15) is 22.4 Å². The number of amides is 1. The summed E-state index contributed by atoms with van der Waals surface area (Å²) in [6.45, 7) is 2.13. The van der Waals surface area contributed by atoms with Crippen LogP contribution in [0.2, 0.25) is 5.02 Å². The Labute approximate surface area is 198 Å². The molecule has 3 aromatic rings. The van der Waals surface area contributed by atoms with Gasteiger partial charge in [0.2, 0.25) is 0 Å². The minimum absolute atomic E-state index is 0.0217. The van der Waals surface area contributed by atoms with Gasteiger partial charge in [0.25, 0.3) is 5.91 Å². The van der Waals surface area contributed by atoms with Crippen LogP contribution in [0.15, 0.2) is 54.7 Å². The maximum atomic E-state index is 13.9. The quantitative estimate of drug-likeness (QED) is 0.511. The zero-order valence-electron chi connectivity index (χ0n) is 17.9. The van der Waals surface area contributed by atoms with Crippen LogP contribution in [0.25, 0.3) is 5.69 Å². The van der Waals surface area contributed by atoms with Gasteiger partial charge in [0.05, 0.1) is 36.7 Å². The van der Waals surface area contributed by atoms with Crippen molar-refractivity contribution in [3.63, 3.8) is 0 Å². The predicted molar refractivity (Wildman–Crippen MR) is 117 cm³/mol. The minimum atomic E-state index is -4.83. The first-order valence-electron chi connectivity index (χ1n) is 10.5. The number of nitrogens with one attached hydrogen (secondary N) is 1. The Balaban J connectivity index is 1.59. The van der Waals surface area contributed by atoms with Gasteiger partial charge in [-0.2, -0.15) is 18.3 Å². The predicted octanol–water partition coefficient (Wildman–Crippen LogP) is 4.49. The summed E-state index contributed by atoms with van der Waals surface area (Å²) in [4.78, 5) is 14.9.